The van der Waals surface area contributed by atoms with E-state index >= 15 is 0 Å². The molecule has 6 nitrogen and oxygen atoms in total. The molecule has 1 aliphatic carbocycles. The van der Waals surface area contributed by atoms with Crippen molar-refractivity contribution in [3.63, 3.8) is 0 Å². The van der Waals surface area contributed by atoms with Gasteiger partial charge in [0.1, 0.15) is 18.8 Å². The first-order valence-electron chi connectivity index (χ1n) is 9.07. The molecule has 146 valence electrons. The lowest BCUT2D eigenvalue weighted by Gasteiger charge is -2.22. The van der Waals surface area contributed by atoms with Crippen molar-refractivity contribution in [2.45, 2.75) is 18.6 Å². The number of carbonyl (C=O) groups excluding carboxylic acids is 1. The molecule has 3 rings (SSSR count). The first-order valence-corrected chi connectivity index (χ1v) is 9.07. The van der Waals surface area contributed by atoms with Crippen LogP contribution in [0, 0.1) is 5.92 Å². The molecule has 0 saturated heterocycles. The molecule has 0 bridgehead atoms. The molecule has 0 spiro atoms. The van der Waals surface area contributed by atoms with Gasteiger partial charge in [0.25, 0.3) is 0 Å². The third kappa shape index (κ3) is 4.13. The van der Waals surface area contributed by atoms with Crippen molar-refractivity contribution in [2.24, 2.45) is 11.7 Å². The molecule has 0 aliphatic heterocycles. The Labute approximate surface area is 163 Å². The van der Waals surface area contributed by atoms with Crippen LogP contribution in [0.3, 0.4) is 0 Å². The van der Waals surface area contributed by atoms with Gasteiger partial charge in [-0.1, -0.05) is 54.6 Å². The number of esters is 1. The molecule has 0 radical (unpaired) electrons. The molecular formula is C22H23NO5. The zero-order valence-corrected chi connectivity index (χ0v) is 15.4. The SMILES string of the molecule is C=CCOC(N)C(CC(=O)O)C(=O)OCC1c2ccccc2-c2ccccc21. The van der Waals surface area contributed by atoms with Crippen molar-refractivity contribution >= 4 is 11.9 Å². The van der Waals surface area contributed by atoms with Gasteiger partial charge in [-0.2, -0.15) is 0 Å². The highest BCUT2D eigenvalue weighted by Crippen LogP contribution is 2.44. The lowest BCUT2D eigenvalue weighted by molar-refractivity contribution is -0.159. The maximum Gasteiger partial charge on any atom is 0.313 e. The Hall–Kier alpha value is -2.96. The molecule has 1 aliphatic rings. The standard InChI is InChI=1S/C22H23NO5/c1-2-11-27-21(23)18(12-20(24)25)22(26)28-13-19-16-9-5-3-7-14(16)15-8-4-6-10-17(15)19/h2-10,18-19,21H,1,11-13,23H2,(H,24,25). The molecule has 6 heteroatoms. The Morgan fingerprint density at radius 1 is 1.11 bits per heavy atom. The summed E-state index contributed by atoms with van der Waals surface area (Å²) in [5.74, 6) is -3.02. The zero-order chi connectivity index (χ0) is 20.1. The van der Waals surface area contributed by atoms with Crippen molar-refractivity contribution in [1.82, 2.24) is 0 Å². The van der Waals surface area contributed by atoms with Crippen molar-refractivity contribution < 1.29 is 24.2 Å². The van der Waals surface area contributed by atoms with E-state index in [0.29, 0.717) is 0 Å². The van der Waals surface area contributed by atoms with Crippen LogP contribution in [0.1, 0.15) is 23.5 Å². The number of aliphatic carboxylic acids is 1. The summed E-state index contributed by atoms with van der Waals surface area (Å²) in [5.41, 5.74) is 10.3. The maximum absolute atomic E-state index is 12.6. The van der Waals surface area contributed by atoms with Gasteiger partial charge in [0.05, 0.1) is 13.0 Å². The minimum Gasteiger partial charge on any atom is -0.481 e. The van der Waals surface area contributed by atoms with Gasteiger partial charge in [-0.05, 0) is 22.3 Å². The molecule has 2 aromatic rings. The summed E-state index contributed by atoms with van der Waals surface area (Å²) in [7, 11) is 0. The van der Waals surface area contributed by atoms with E-state index in [9.17, 15) is 9.59 Å². The quantitative estimate of drug-likeness (QED) is 0.394. The maximum atomic E-state index is 12.6. The molecule has 2 aromatic carbocycles. The minimum atomic E-state index is -1.14. The fourth-order valence-electron chi connectivity index (χ4n) is 3.53. The molecule has 0 aromatic heterocycles. The third-order valence-corrected chi connectivity index (χ3v) is 4.86. The monoisotopic (exact) mass is 381 g/mol. The van der Waals surface area contributed by atoms with Gasteiger partial charge in [0.15, 0.2) is 0 Å². The summed E-state index contributed by atoms with van der Waals surface area (Å²) in [6, 6.07) is 16.0. The summed E-state index contributed by atoms with van der Waals surface area (Å²) in [5, 5.41) is 9.11. The van der Waals surface area contributed by atoms with Crippen LogP contribution in [-0.2, 0) is 19.1 Å². The Morgan fingerprint density at radius 2 is 1.68 bits per heavy atom. The van der Waals surface area contributed by atoms with Gasteiger partial charge in [-0.15, -0.1) is 6.58 Å². The Kier molecular flexibility index (Phi) is 6.23. The fraction of sp³-hybridized carbons (Fsp3) is 0.273. The lowest BCUT2D eigenvalue weighted by Crippen LogP contribution is -2.40. The van der Waals surface area contributed by atoms with Gasteiger partial charge in [0, 0.05) is 5.92 Å². The van der Waals surface area contributed by atoms with Crippen LogP contribution >= 0.6 is 0 Å². The summed E-state index contributed by atoms with van der Waals surface area (Å²) >= 11 is 0. The van der Waals surface area contributed by atoms with Gasteiger partial charge in [-0.25, -0.2) is 0 Å². The van der Waals surface area contributed by atoms with E-state index in [4.69, 9.17) is 20.3 Å². The Morgan fingerprint density at radius 3 is 2.21 bits per heavy atom. The smallest absolute Gasteiger partial charge is 0.313 e. The second-order valence-electron chi connectivity index (χ2n) is 6.65. The second kappa shape index (κ2) is 8.82. The van der Waals surface area contributed by atoms with E-state index in [1.807, 2.05) is 48.5 Å². The molecule has 0 heterocycles. The molecule has 2 atom stereocenters. The van der Waals surface area contributed by atoms with Crippen LogP contribution in [0.15, 0.2) is 61.2 Å². The number of hydrogen-bond acceptors (Lipinski definition) is 5. The first kappa shape index (κ1) is 19.8. The number of benzene rings is 2. The molecule has 2 unspecified atom stereocenters. The summed E-state index contributed by atoms with van der Waals surface area (Å²) in [6.45, 7) is 3.74. The third-order valence-electron chi connectivity index (χ3n) is 4.86. The van der Waals surface area contributed by atoms with E-state index in [1.165, 1.54) is 6.08 Å². The van der Waals surface area contributed by atoms with Gasteiger partial charge in [-0.3, -0.25) is 9.59 Å². The fourth-order valence-corrected chi connectivity index (χ4v) is 3.53. The van der Waals surface area contributed by atoms with E-state index in [-0.39, 0.29) is 19.1 Å². The van der Waals surface area contributed by atoms with Crippen LogP contribution in [0.2, 0.25) is 0 Å². The normalized spacial score (nSPS) is 14.6. The van der Waals surface area contributed by atoms with E-state index in [2.05, 4.69) is 6.58 Å². The number of hydrogen-bond donors (Lipinski definition) is 2. The summed E-state index contributed by atoms with van der Waals surface area (Å²) in [4.78, 5) is 23.7. The number of carboxylic acids is 1. The van der Waals surface area contributed by atoms with Gasteiger partial charge >= 0.3 is 11.9 Å². The predicted molar refractivity (Wildman–Crippen MR) is 105 cm³/mol. The van der Waals surface area contributed by atoms with Crippen molar-refractivity contribution in [2.75, 3.05) is 13.2 Å². The Bertz CT molecular complexity index is 833. The van der Waals surface area contributed by atoms with E-state index in [0.717, 1.165) is 22.3 Å². The number of rotatable bonds is 9. The molecule has 0 fully saturated rings. The Balaban J connectivity index is 1.75. The highest BCUT2D eigenvalue weighted by Gasteiger charge is 2.33. The van der Waals surface area contributed by atoms with Crippen LogP contribution in [-0.4, -0.2) is 36.5 Å². The average molecular weight is 381 g/mol. The van der Waals surface area contributed by atoms with Crippen LogP contribution < -0.4 is 5.73 Å². The molecule has 28 heavy (non-hydrogen) atoms. The molecule has 3 N–H and O–H groups in total. The van der Waals surface area contributed by atoms with Crippen molar-refractivity contribution in [1.29, 1.82) is 0 Å². The highest BCUT2D eigenvalue weighted by atomic mass is 16.5. The van der Waals surface area contributed by atoms with Gasteiger partial charge < -0.3 is 20.3 Å². The molecule has 0 saturated carbocycles. The zero-order valence-electron chi connectivity index (χ0n) is 15.4. The topological polar surface area (TPSA) is 98.9 Å². The minimum absolute atomic E-state index is 0.104. The second-order valence-corrected chi connectivity index (χ2v) is 6.65. The largest absolute Gasteiger partial charge is 0.481 e. The van der Waals surface area contributed by atoms with Crippen LogP contribution in [0.25, 0.3) is 11.1 Å². The van der Waals surface area contributed by atoms with Crippen LogP contribution in [0.4, 0.5) is 0 Å². The van der Waals surface area contributed by atoms with E-state index < -0.39 is 30.5 Å². The summed E-state index contributed by atoms with van der Waals surface area (Å²) < 4.78 is 10.8. The number of carbonyl (C=O) groups is 2. The van der Waals surface area contributed by atoms with Crippen molar-refractivity contribution in [3.05, 3.63) is 72.3 Å². The predicted octanol–water partition coefficient (Wildman–Crippen LogP) is 2.92. The number of fused-ring (bicyclic) bond motifs is 3. The number of nitrogens with two attached hydrogens (primary N) is 1. The molecule has 0 amide bonds. The number of carboxylic acid groups (broad SMARTS) is 1. The van der Waals surface area contributed by atoms with Crippen molar-refractivity contribution in [3.8, 4) is 11.1 Å². The first-order chi connectivity index (χ1) is 13.5. The van der Waals surface area contributed by atoms with Gasteiger partial charge in [0.2, 0.25) is 0 Å². The average Bonchev–Trinajstić information content (AvgIpc) is 3.02. The number of ether oxygens (including phenoxy) is 2. The lowest BCUT2D eigenvalue weighted by atomic mass is 9.98. The van der Waals surface area contributed by atoms with Crippen LogP contribution in [0.5, 0.6) is 0 Å². The van der Waals surface area contributed by atoms with E-state index in [1.54, 1.807) is 0 Å². The highest BCUT2D eigenvalue weighted by molar-refractivity contribution is 5.81. The summed E-state index contributed by atoms with van der Waals surface area (Å²) in [6.07, 6.45) is -0.0607. The molecular weight excluding hydrogens is 358 g/mol.